The van der Waals surface area contributed by atoms with Crippen LogP contribution in [0.25, 0.3) is 10.6 Å². The maximum absolute atomic E-state index is 13.7. The predicted octanol–water partition coefficient (Wildman–Crippen LogP) is 4.65. The number of aliphatic carboxylic acids is 1. The largest absolute Gasteiger partial charge is 0.481 e. The topological polar surface area (TPSA) is 114 Å². The van der Waals surface area contributed by atoms with Gasteiger partial charge in [0.15, 0.2) is 0 Å². The molecule has 34 heavy (non-hydrogen) atoms. The fourth-order valence-electron chi connectivity index (χ4n) is 3.93. The van der Waals surface area contributed by atoms with Crippen molar-refractivity contribution in [2.75, 3.05) is 0 Å². The van der Waals surface area contributed by atoms with Crippen LogP contribution in [0.15, 0.2) is 60.8 Å². The Kier molecular flexibility index (Phi) is 8.06. The number of rotatable bonds is 10. The number of amides is 2. The number of halogens is 1. The minimum atomic E-state index is -1.10. The van der Waals surface area contributed by atoms with Gasteiger partial charge in [-0.05, 0) is 56.5 Å². The van der Waals surface area contributed by atoms with Crippen molar-refractivity contribution in [3.05, 3.63) is 76.3 Å². The Morgan fingerprint density at radius 1 is 1.12 bits per heavy atom. The lowest BCUT2D eigenvalue weighted by Gasteiger charge is -2.43. The van der Waals surface area contributed by atoms with Gasteiger partial charge in [-0.25, -0.2) is 0 Å². The fourth-order valence-corrected chi connectivity index (χ4v) is 4.95. The quantitative estimate of drug-likeness (QED) is 0.421. The summed E-state index contributed by atoms with van der Waals surface area (Å²) in [5, 5.41) is 9.19. The molecule has 9 heteroatoms. The standard InChI is InChI=1S/C25H26ClN3O4S/c1-25(2,14-16-6-4-3-5-7-16)29(19(23(27)32)10-13-22(30)31)24(33)17-8-9-18(28-15-17)20-11-12-21(26)34-20/h3-9,11-12,15,19H,10,13-14H2,1-2H3,(H2,27,32)(H,30,31)/t19-/m0/s1. The second-order valence-electron chi connectivity index (χ2n) is 8.54. The van der Waals surface area contributed by atoms with E-state index in [0.717, 1.165) is 10.4 Å². The molecule has 1 aromatic carbocycles. The molecule has 0 aliphatic rings. The minimum absolute atomic E-state index is 0.0895. The molecule has 3 aromatic rings. The number of pyridine rings is 1. The summed E-state index contributed by atoms with van der Waals surface area (Å²) in [6.07, 6.45) is 1.50. The van der Waals surface area contributed by atoms with E-state index in [2.05, 4.69) is 4.98 Å². The third-order valence-electron chi connectivity index (χ3n) is 5.46. The van der Waals surface area contributed by atoms with E-state index in [-0.39, 0.29) is 18.4 Å². The van der Waals surface area contributed by atoms with Gasteiger partial charge >= 0.3 is 5.97 Å². The van der Waals surface area contributed by atoms with E-state index in [0.29, 0.717) is 16.5 Å². The van der Waals surface area contributed by atoms with Crippen molar-refractivity contribution in [1.82, 2.24) is 9.88 Å². The lowest BCUT2D eigenvalue weighted by Crippen LogP contribution is -2.58. The first-order valence-electron chi connectivity index (χ1n) is 10.7. The second kappa shape index (κ2) is 10.8. The number of carboxylic acids is 1. The number of thiophene rings is 1. The summed E-state index contributed by atoms with van der Waals surface area (Å²) in [4.78, 5) is 44.1. The summed E-state index contributed by atoms with van der Waals surface area (Å²) >= 11 is 7.39. The third-order valence-corrected chi connectivity index (χ3v) is 6.71. The predicted molar refractivity (Wildman–Crippen MR) is 133 cm³/mol. The Hall–Kier alpha value is -3.23. The van der Waals surface area contributed by atoms with Gasteiger partial charge in [0, 0.05) is 18.2 Å². The molecule has 0 aliphatic carbocycles. The van der Waals surface area contributed by atoms with Gasteiger partial charge in [0.2, 0.25) is 5.91 Å². The maximum atomic E-state index is 13.7. The van der Waals surface area contributed by atoms with E-state index >= 15 is 0 Å². The molecular formula is C25H26ClN3O4S. The normalized spacial score (nSPS) is 12.2. The van der Waals surface area contributed by atoms with Crippen molar-refractivity contribution in [2.45, 2.75) is 44.7 Å². The molecule has 7 nitrogen and oxygen atoms in total. The molecule has 3 N–H and O–H groups in total. The van der Waals surface area contributed by atoms with Crippen LogP contribution >= 0.6 is 22.9 Å². The molecule has 3 rings (SSSR count). The van der Waals surface area contributed by atoms with E-state index in [9.17, 15) is 19.5 Å². The molecule has 178 valence electrons. The number of aromatic nitrogens is 1. The average molecular weight is 500 g/mol. The van der Waals surface area contributed by atoms with Crippen LogP contribution in [0.1, 0.15) is 42.6 Å². The summed E-state index contributed by atoms with van der Waals surface area (Å²) in [7, 11) is 0. The molecule has 0 bridgehead atoms. The molecule has 1 atom stereocenters. The third kappa shape index (κ3) is 6.21. The fraction of sp³-hybridized carbons (Fsp3) is 0.280. The lowest BCUT2D eigenvalue weighted by atomic mass is 9.89. The monoisotopic (exact) mass is 499 g/mol. The van der Waals surface area contributed by atoms with E-state index < -0.39 is 29.4 Å². The molecule has 0 unspecified atom stereocenters. The van der Waals surface area contributed by atoms with Crippen LogP contribution in [0.3, 0.4) is 0 Å². The first-order chi connectivity index (χ1) is 16.1. The Balaban J connectivity index is 1.98. The number of carboxylic acid groups (broad SMARTS) is 1. The molecule has 2 amide bonds. The molecule has 0 saturated heterocycles. The molecule has 0 radical (unpaired) electrons. The first-order valence-corrected chi connectivity index (χ1v) is 11.9. The van der Waals surface area contributed by atoms with Gasteiger partial charge in [0.1, 0.15) is 6.04 Å². The van der Waals surface area contributed by atoms with Crippen molar-refractivity contribution in [3.8, 4) is 10.6 Å². The molecule has 0 aliphatic heterocycles. The summed E-state index contributed by atoms with van der Waals surface area (Å²) in [5.74, 6) is -2.27. The van der Waals surface area contributed by atoms with E-state index in [1.54, 1.807) is 18.2 Å². The molecule has 0 saturated carbocycles. The number of hydrogen-bond donors (Lipinski definition) is 2. The first kappa shape index (κ1) is 25.4. The summed E-state index contributed by atoms with van der Waals surface area (Å²) in [5.41, 5.74) is 6.74. The summed E-state index contributed by atoms with van der Waals surface area (Å²) < 4.78 is 0.633. The Labute approximate surface area is 207 Å². The molecule has 0 fully saturated rings. The Morgan fingerprint density at radius 3 is 2.35 bits per heavy atom. The highest BCUT2D eigenvalue weighted by molar-refractivity contribution is 7.19. The smallest absolute Gasteiger partial charge is 0.303 e. The SMILES string of the molecule is CC(C)(Cc1ccccc1)N(C(=O)c1ccc(-c2ccc(Cl)s2)nc1)[C@@H](CCC(=O)O)C(N)=O. The molecule has 2 heterocycles. The van der Waals surface area contributed by atoms with Crippen LogP contribution in [0, 0.1) is 0 Å². The average Bonchev–Trinajstić information content (AvgIpc) is 3.22. The number of nitrogens with two attached hydrogens (primary N) is 1. The number of carbonyl (C=O) groups excluding carboxylic acids is 2. The highest BCUT2D eigenvalue weighted by Gasteiger charge is 2.40. The molecule has 0 spiro atoms. The van der Waals surface area contributed by atoms with Crippen molar-refractivity contribution < 1.29 is 19.5 Å². The minimum Gasteiger partial charge on any atom is -0.481 e. The van der Waals surface area contributed by atoms with Gasteiger partial charge in [-0.3, -0.25) is 19.4 Å². The lowest BCUT2D eigenvalue weighted by molar-refractivity contribution is -0.137. The Bertz CT molecular complexity index is 1160. The van der Waals surface area contributed by atoms with E-state index in [4.69, 9.17) is 17.3 Å². The summed E-state index contributed by atoms with van der Waals surface area (Å²) in [6.45, 7) is 3.67. The van der Waals surface area contributed by atoms with Gasteiger partial charge < -0.3 is 15.7 Å². The van der Waals surface area contributed by atoms with Crippen molar-refractivity contribution >= 4 is 40.7 Å². The van der Waals surface area contributed by atoms with Crippen LogP contribution in [0.4, 0.5) is 0 Å². The summed E-state index contributed by atoms with van der Waals surface area (Å²) in [6, 6.07) is 15.4. The van der Waals surface area contributed by atoms with Crippen LogP contribution < -0.4 is 5.73 Å². The zero-order chi connectivity index (χ0) is 24.9. The maximum Gasteiger partial charge on any atom is 0.303 e. The van der Waals surface area contributed by atoms with Crippen molar-refractivity contribution in [3.63, 3.8) is 0 Å². The molecular weight excluding hydrogens is 474 g/mol. The van der Waals surface area contributed by atoms with Crippen LogP contribution in [0.5, 0.6) is 0 Å². The highest BCUT2D eigenvalue weighted by atomic mass is 35.5. The number of hydrogen-bond acceptors (Lipinski definition) is 5. The van der Waals surface area contributed by atoms with Gasteiger partial charge in [-0.1, -0.05) is 41.9 Å². The molecule has 2 aromatic heterocycles. The van der Waals surface area contributed by atoms with Crippen LogP contribution in [0.2, 0.25) is 4.34 Å². The van der Waals surface area contributed by atoms with Crippen molar-refractivity contribution in [1.29, 1.82) is 0 Å². The van der Waals surface area contributed by atoms with Gasteiger partial charge in [-0.2, -0.15) is 0 Å². The Morgan fingerprint density at radius 2 is 1.82 bits per heavy atom. The highest BCUT2D eigenvalue weighted by Crippen LogP contribution is 2.31. The second-order valence-corrected chi connectivity index (χ2v) is 10.3. The van der Waals surface area contributed by atoms with Crippen LogP contribution in [-0.2, 0) is 16.0 Å². The number of primary amides is 1. The van der Waals surface area contributed by atoms with Gasteiger partial charge in [0.25, 0.3) is 5.91 Å². The van der Waals surface area contributed by atoms with Gasteiger partial charge in [-0.15, -0.1) is 11.3 Å². The van der Waals surface area contributed by atoms with Crippen LogP contribution in [-0.4, -0.2) is 44.4 Å². The zero-order valence-electron chi connectivity index (χ0n) is 18.9. The zero-order valence-corrected chi connectivity index (χ0v) is 20.5. The number of nitrogens with zero attached hydrogens (tertiary/aromatic N) is 2. The number of benzene rings is 1. The number of carbonyl (C=O) groups is 3. The van der Waals surface area contributed by atoms with Gasteiger partial charge in [0.05, 0.1) is 20.5 Å². The van der Waals surface area contributed by atoms with E-state index in [1.807, 2.05) is 50.2 Å². The van der Waals surface area contributed by atoms with E-state index in [1.165, 1.54) is 22.4 Å². The van der Waals surface area contributed by atoms with Crippen molar-refractivity contribution in [2.24, 2.45) is 5.73 Å².